The predicted octanol–water partition coefficient (Wildman–Crippen LogP) is 4.06. The second kappa shape index (κ2) is 6.40. The summed E-state index contributed by atoms with van der Waals surface area (Å²) in [5.74, 6) is 0.726. The van der Waals surface area contributed by atoms with E-state index in [0.29, 0.717) is 12.2 Å². The number of benzene rings is 2. The van der Waals surface area contributed by atoms with Crippen LogP contribution in [0.2, 0.25) is 0 Å². The molecule has 0 saturated carbocycles. The summed E-state index contributed by atoms with van der Waals surface area (Å²) in [6, 6.07) is 15.4. The van der Waals surface area contributed by atoms with Crippen molar-refractivity contribution in [3.05, 3.63) is 71.8 Å². The predicted molar refractivity (Wildman–Crippen MR) is 96.3 cm³/mol. The number of hydrogen-bond acceptors (Lipinski definition) is 3. The summed E-state index contributed by atoms with van der Waals surface area (Å²) in [7, 11) is 0. The van der Waals surface area contributed by atoms with Crippen molar-refractivity contribution >= 4 is 11.6 Å². The number of amides is 1. The van der Waals surface area contributed by atoms with Crippen LogP contribution in [0.25, 0.3) is 0 Å². The van der Waals surface area contributed by atoms with E-state index in [-0.39, 0.29) is 5.91 Å². The van der Waals surface area contributed by atoms with Crippen LogP contribution >= 0.6 is 0 Å². The molecule has 1 aliphatic rings. The Labute approximate surface area is 142 Å². The minimum absolute atomic E-state index is 0.0613. The van der Waals surface area contributed by atoms with Crippen LogP contribution in [0, 0.1) is 0 Å². The zero-order chi connectivity index (χ0) is 17.2. The van der Waals surface area contributed by atoms with Crippen molar-refractivity contribution in [2.24, 2.45) is 0 Å². The Bertz CT molecular complexity index is 767. The first kappa shape index (κ1) is 16.1. The molecule has 24 heavy (non-hydrogen) atoms. The molecule has 1 aliphatic heterocycles. The summed E-state index contributed by atoms with van der Waals surface area (Å²) >= 11 is 0. The molecule has 1 unspecified atom stereocenters. The average Bonchev–Trinajstić information content (AvgIpc) is 2.60. The Hall–Kier alpha value is -2.75. The number of ether oxygens (including phenoxy) is 1. The monoisotopic (exact) mass is 322 g/mol. The van der Waals surface area contributed by atoms with Crippen LogP contribution < -0.4 is 15.4 Å². The highest BCUT2D eigenvalue weighted by Crippen LogP contribution is 2.34. The topological polar surface area (TPSA) is 50.4 Å². The van der Waals surface area contributed by atoms with Crippen molar-refractivity contribution in [1.82, 2.24) is 5.32 Å². The van der Waals surface area contributed by atoms with Gasteiger partial charge in [0.05, 0.1) is 5.56 Å². The fraction of sp³-hybridized carbons (Fsp3) is 0.250. The number of rotatable bonds is 5. The number of nitrogens with one attached hydrogen (secondary N) is 2. The van der Waals surface area contributed by atoms with Crippen LogP contribution in [0.3, 0.4) is 0 Å². The van der Waals surface area contributed by atoms with Crippen LogP contribution in [0.15, 0.2) is 60.7 Å². The molecule has 2 aromatic carbocycles. The van der Waals surface area contributed by atoms with Crippen LogP contribution in [0.1, 0.15) is 36.2 Å². The highest BCUT2D eigenvalue weighted by Gasteiger charge is 2.37. The number of fused-ring (bicyclic) bond motifs is 1. The molecule has 4 heteroatoms. The van der Waals surface area contributed by atoms with Crippen molar-refractivity contribution < 1.29 is 9.53 Å². The third-order valence-electron chi connectivity index (χ3n) is 4.21. The minimum Gasteiger partial charge on any atom is -0.489 e. The second-order valence-electron chi connectivity index (χ2n) is 6.15. The highest BCUT2D eigenvalue weighted by atomic mass is 16.5. The van der Waals surface area contributed by atoms with Gasteiger partial charge in [-0.3, -0.25) is 4.79 Å². The molecule has 124 valence electrons. The molecule has 0 saturated heterocycles. The number of carbonyl (C=O) groups excluding carboxylic acids is 1. The summed E-state index contributed by atoms with van der Waals surface area (Å²) in [6.45, 7) is 8.31. The summed E-state index contributed by atoms with van der Waals surface area (Å²) < 4.78 is 5.65. The number of anilines is 1. The van der Waals surface area contributed by atoms with E-state index in [9.17, 15) is 4.79 Å². The van der Waals surface area contributed by atoms with E-state index in [1.807, 2.05) is 62.4 Å². The van der Waals surface area contributed by atoms with Gasteiger partial charge < -0.3 is 15.4 Å². The molecule has 0 radical (unpaired) electrons. The fourth-order valence-electron chi connectivity index (χ4n) is 2.88. The van der Waals surface area contributed by atoms with E-state index in [2.05, 4.69) is 17.2 Å². The molecule has 2 N–H and O–H groups in total. The minimum atomic E-state index is -0.613. The molecule has 3 rings (SSSR count). The summed E-state index contributed by atoms with van der Waals surface area (Å²) in [5.41, 5.74) is 2.88. The fourth-order valence-corrected chi connectivity index (χ4v) is 2.88. The van der Waals surface area contributed by atoms with Crippen LogP contribution in [-0.4, -0.2) is 12.5 Å². The van der Waals surface area contributed by atoms with Gasteiger partial charge in [0.1, 0.15) is 18.0 Å². The molecule has 1 amide bonds. The summed E-state index contributed by atoms with van der Waals surface area (Å²) in [4.78, 5) is 12.5. The maximum absolute atomic E-state index is 12.5. The first-order chi connectivity index (χ1) is 11.5. The normalized spacial score (nSPS) is 19.0. The van der Waals surface area contributed by atoms with E-state index in [4.69, 9.17) is 4.74 Å². The molecule has 0 aliphatic carbocycles. The van der Waals surface area contributed by atoms with Gasteiger partial charge in [-0.25, -0.2) is 0 Å². The standard InChI is InChI=1S/C20H22N2O2/c1-4-20(15-9-11-16(12-10-15)24-13-14(2)3)21-18-8-6-5-7-17(18)19(23)22-20/h5-12,21H,2,4,13H2,1,3H3,(H,22,23). The summed E-state index contributed by atoms with van der Waals surface area (Å²) in [5, 5.41) is 6.61. The van der Waals surface area contributed by atoms with E-state index < -0.39 is 5.66 Å². The molecule has 0 spiro atoms. The lowest BCUT2D eigenvalue weighted by Gasteiger charge is -2.40. The number of para-hydroxylation sites is 1. The summed E-state index contributed by atoms with van der Waals surface area (Å²) in [6.07, 6.45) is 0.721. The second-order valence-corrected chi connectivity index (χ2v) is 6.15. The first-order valence-corrected chi connectivity index (χ1v) is 8.11. The Morgan fingerprint density at radius 2 is 1.83 bits per heavy atom. The average molecular weight is 322 g/mol. The van der Waals surface area contributed by atoms with Crippen molar-refractivity contribution in [3.8, 4) is 5.75 Å². The SMILES string of the molecule is C=C(C)COc1ccc(C2(CC)NC(=O)c3ccccc3N2)cc1. The lowest BCUT2D eigenvalue weighted by atomic mass is 9.92. The Kier molecular flexibility index (Phi) is 4.30. The van der Waals surface area contributed by atoms with Crippen LogP contribution in [-0.2, 0) is 5.66 Å². The van der Waals surface area contributed by atoms with Crippen molar-refractivity contribution in [3.63, 3.8) is 0 Å². The molecular weight excluding hydrogens is 300 g/mol. The Balaban J connectivity index is 1.89. The number of hydrogen-bond donors (Lipinski definition) is 2. The van der Waals surface area contributed by atoms with Crippen LogP contribution in [0.5, 0.6) is 5.75 Å². The van der Waals surface area contributed by atoms with Crippen molar-refractivity contribution in [2.45, 2.75) is 25.9 Å². The van der Waals surface area contributed by atoms with Gasteiger partial charge in [-0.15, -0.1) is 0 Å². The Morgan fingerprint density at radius 3 is 2.50 bits per heavy atom. The van der Waals surface area contributed by atoms with Gasteiger partial charge in [0, 0.05) is 5.69 Å². The Morgan fingerprint density at radius 1 is 1.12 bits per heavy atom. The van der Waals surface area contributed by atoms with Gasteiger partial charge in [0.15, 0.2) is 0 Å². The highest BCUT2D eigenvalue weighted by molar-refractivity contribution is 6.02. The molecule has 2 aromatic rings. The molecular formula is C20H22N2O2. The van der Waals surface area contributed by atoms with Gasteiger partial charge in [0.25, 0.3) is 5.91 Å². The third-order valence-corrected chi connectivity index (χ3v) is 4.21. The molecule has 0 bridgehead atoms. The molecule has 0 aromatic heterocycles. The lowest BCUT2D eigenvalue weighted by molar-refractivity contribution is 0.0896. The zero-order valence-electron chi connectivity index (χ0n) is 14.1. The quantitative estimate of drug-likeness (QED) is 0.816. The van der Waals surface area contributed by atoms with E-state index in [0.717, 1.165) is 29.0 Å². The van der Waals surface area contributed by atoms with E-state index >= 15 is 0 Å². The smallest absolute Gasteiger partial charge is 0.255 e. The largest absolute Gasteiger partial charge is 0.489 e. The zero-order valence-corrected chi connectivity index (χ0v) is 14.1. The molecule has 1 heterocycles. The molecule has 0 fully saturated rings. The molecule has 1 atom stereocenters. The van der Waals surface area contributed by atoms with Crippen LogP contribution in [0.4, 0.5) is 5.69 Å². The number of carbonyl (C=O) groups is 1. The van der Waals surface area contributed by atoms with E-state index in [1.54, 1.807) is 0 Å². The van der Waals surface area contributed by atoms with Gasteiger partial charge >= 0.3 is 0 Å². The maximum atomic E-state index is 12.5. The van der Waals surface area contributed by atoms with Gasteiger partial charge in [0.2, 0.25) is 0 Å². The van der Waals surface area contributed by atoms with Crippen molar-refractivity contribution in [2.75, 3.05) is 11.9 Å². The van der Waals surface area contributed by atoms with E-state index in [1.165, 1.54) is 0 Å². The first-order valence-electron chi connectivity index (χ1n) is 8.11. The van der Waals surface area contributed by atoms with Gasteiger partial charge in [-0.2, -0.15) is 0 Å². The third kappa shape index (κ3) is 3.00. The lowest BCUT2D eigenvalue weighted by Crippen LogP contribution is -2.54. The maximum Gasteiger partial charge on any atom is 0.255 e. The van der Waals surface area contributed by atoms with Gasteiger partial charge in [-0.1, -0.05) is 37.8 Å². The van der Waals surface area contributed by atoms with Crippen molar-refractivity contribution in [1.29, 1.82) is 0 Å². The molecule has 4 nitrogen and oxygen atoms in total. The van der Waals surface area contributed by atoms with Gasteiger partial charge in [-0.05, 0) is 48.7 Å².